The molecule has 2 atom stereocenters. The third kappa shape index (κ3) is 0.488. The van der Waals surface area contributed by atoms with Crippen LogP contribution in [-0.2, 0) is 0 Å². The fourth-order valence-corrected chi connectivity index (χ4v) is 5.15. The quantitative estimate of drug-likeness (QED) is 0.508. The van der Waals surface area contributed by atoms with Crippen LogP contribution in [0.3, 0.4) is 0 Å². The van der Waals surface area contributed by atoms with Crippen molar-refractivity contribution in [1.29, 1.82) is 0 Å². The molecule has 4 saturated carbocycles. The highest BCUT2D eigenvalue weighted by molar-refractivity contribution is 9.10. The Morgan fingerprint density at radius 2 is 2.09 bits per heavy atom. The molecule has 4 aliphatic carbocycles. The van der Waals surface area contributed by atoms with Gasteiger partial charge in [0.15, 0.2) is 0 Å². The van der Waals surface area contributed by atoms with Gasteiger partial charge in [-0.3, -0.25) is 0 Å². The second kappa shape index (κ2) is 1.72. The van der Waals surface area contributed by atoms with Gasteiger partial charge in [0.1, 0.15) is 0 Å². The Hall–Kier alpha value is 0.510. The highest BCUT2D eigenvalue weighted by Crippen LogP contribution is 2.98. The van der Waals surface area contributed by atoms with Crippen LogP contribution in [0.2, 0.25) is 0 Å². The van der Waals surface area contributed by atoms with E-state index in [4.69, 9.17) is 11.6 Å². The van der Waals surface area contributed by atoms with Gasteiger partial charge in [-0.25, -0.2) is 0 Å². The number of allylic oxidation sites excluding steroid dienone is 2. The third-order valence-electron chi connectivity index (χ3n) is 3.89. The first-order valence-corrected chi connectivity index (χ1v) is 5.54. The maximum atomic E-state index is 5.61. The summed E-state index contributed by atoms with van der Waals surface area (Å²) in [7, 11) is 0. The van der Waals surface area contributed by atoms with Gasteiger partial charge in [-0.15, -0.1) is 11.6 Å². The van der Waals surface area contributed by atoms with Crippen LogP contribution in [0.5, 0.6) is 0 Å². The summed E-state index contributed by atoms with van der Waals surface area (Å²) >= 11 is 9.46. The fraction of sp³-hybridized carbons (Fsp3) is 0.778. The minimum absolute atomic E-state index is 0.558. The molecule has 0 saturated heterocycles. The van der Waals surface area contributed by atoms with E-state index in [2.05, 4.69) is 28.1 Å². The van der Waals surface area contributed by atoms with Crippen molar-refractivity contribution in [1.82, 2.24) is 0 Å². The Morgan fingerprint density at radius 1 is 1.45 bits per heavy atom. The van der Waals surface area contributed by atoms with Crippen LogP contribution < -0.4 is 0 Å². The second-order valence-corrected chi connectivity index (χ2v) is 5.56. The molecule has 4 fully saturated rings. The molecule has 0 aliphatic heterocycles. The van der Waals surface area contributed by atoms with Gasteiger partial charge in [-0.05, 0) is 24.7 Å². The lowest BCUT2D eigenvalue weighted by atomic mass is 10.1. The van der Waals surface area contributed by atoms with E-state index in [-0.39, 0.29) is 0 Å². The Morgan fingerprint density at radius 3 is 2.55 bits per heavy atom. The molecule has 4 rings (SSSR count). The van der Waals surface area contributed by atoms with Crippen molar-refractivity contribution < 1.29 is 0 Å². The molecule has 0 aromatic rings. The number of halogens is 2. The normalized spacial score (nSPS) is 63.5. The first-order valence-electron chi connectivity index (χ1n) is 4.21. The van der Waals surface area contributed by atoms with Crippen LogP contribution in [0.4, 0.5) is 0 Å². The minimum Gasteiger partial charge on any atom is -0.122 e. The highest BCUT2D eigenvalue weighted by Gasteiger charge is 2.98. The van der Waals surface area contributed by atoms with E-state index < -0.39 is 0 Å². The monoisotopic (exact) mass is 232 g/mol. The molecule has 2 unspecified atom stereocenters. The van der Waals surface area contributed by atoms with Gasteiger partial charge >= 0.3 is 0 Å². The third-order valence-corrected chi connectivity index (χ3v) is 5.86. The van der Waals surface area contributed by atoms with E-state index in [1.165, 1.54) is 12.8 Å². The van der Waals surface area contributed by atoms with E-state index in [0.29, 0.717) is 15.6 Å². The first-order chi connectivity index (χ1) is 5.28. The summed E-state index contributed by atoms with van der Waals surface area (Å²) in [6.07, 6.45) is 7.34. The fourth-order valence-electron chi connectivity index (χ4n) is 3.39. The van der Waals surface area contributed by atoms with Gasteiger partial charge in [0.05, 0.1) is 0 Å². The molecule has 0 amide bonds. The molecule has 60 valence electrons. The number of hydrogen-bond donors (Lipinski definition) is 0. The van der Waals surface area contributed by atoms with Gasteiger partial charge in [-0.1, -0.05) is 28.1 Å². The number of rotatable bonds is 2. The summed E-state index contributed by atoms with van der Waals surface area (Å²) in [5, 5.41) is 0. The first kappa shape index (κ1) is 6.97. The van der Waals surface area contributed by atoms with Crippen molar-refractivity contribution in [3.8, 4) is 0 Å². The average Bonchev–Trinajstić information content (AvgIpc) is 2.61. The lowest BCUT2D eigenvalue weighted by Crippen LogP contribution is -1.98. The number of alkyl halides is 2. The standard InChI is InChI=1S/C9H10BrCl/c10-9-6-2-3-7(9)8(6,9)4-1-5-11/h1,4,6-7H,2-3,5H2/b4-1+. The summed E-state index contributed by atoms with van der Waals surface area (Å²) < 4.78 is 0.558. The molecule has 0 radical (unpaired) electrons. The Labute approximate surface area is 80.1 Å². The zero-order valence-corrected chi connectivity index (χ0v) is 8.53. The minimum atomic E-state index is 0.558. The second-order valence-electron chi connectivity index (χ2n) is 3.94. The van der Waals surface area contributed by atoms with Gasteiger partial charge in [0, 0.05) is 15.6 Å². The summed E-state index contributed by atoms with van der Waals surface area (Å²) in [6.45, 7) is 0. The van der Waals surface area contributed by atoms with Crippen molar-refractivity contribution >= 4 is 27.5 Å². The molecule has 4 aliphatic rings. The van der Waals surface area contributed by atoms with Crippen molar-refractivity contribution in [2.75, 3.05) is 5.88 Å². The number of hydrogen-bond acceptors (Lipinski definition) is 0. The summed E-state index contributed by atoms with van der Waals surface area (Å²) in [4.78, 5) is 0. The smallest absolute Gasteiger partial charge is 0.0428 e. The van der Waals surface area contributed by atoms with Gasteiger partial charge in [-0.2, -0.15) is 0 Å². The Kier molecular flexibility index (Phi) is 1.09. The molecule has 0 N–H and O–H groups in total. The maximum absolute atomic E-state index is 5.61. The van der Waals surface area contributed by atoms with E-state index in [1.807, 2.05) is 0 Å². The zero-order chi connectivity index (χ0) is 7.69. The van der Waals surface area contributed by atoms with Crippen LogP contribution in [0, 0.1) is 17.3 Å². The molecule has 0 heterocycles. The molecule has 11 heavy (non-hydrogen) atoms. The number of fused-ring (bicyclic) bond motifs is 1. The molecule has 0 aromatic carbocycles. The largest absolute Gasteiger partial charge is 0.122 e. The van der Waals surface area contributed by atoms with Gasteiger partial charge in [0.25, 0.3) is 0 Å². The van der Waals surface area contributed by atoms with Crippen molar-refractivity contribution in [3.63, 3.8) is 0 Å². The lowest BCUT2D eigenvalue weighted by molar-refractivity contribution is 0.585. The summed E-state index contributed by atoms with van der Waals surface area (Å²) in [5.74, 6) is 2.59. The van der Waals surface area contributed by atoms with E-state index >= 15 is 0 Å². The van der Waals surface area contributed by atoms with Crippen LogP contribution in [0.1, 0.15) is 12.8 Å². The lowest BCUT2D eigenvalue weighted by Gasteiger charge is -2.00. The molecular formula is C9H10BrCl. The average molecular weight is 234 g/mol. The maximum Gasteiger partial charge on any atom is 0.0428 e. The van der Waals surface area contributed by atoms with E-state index in [0.717, 1.165) is 11.8 Å². The zero-order valence-electron chi connectivity index (χ0n) is 6.19. The molecule has 0 nitrogen and oxygen atoms in total. The summed E-state index contributed by atoms with van der Waals surface area (Å²) in [6, 6.07) is 0. The topological polar surface area (TPSA) is 0 Å². The molecule has 0 spiro atoms. The Balaban J connectivity index is 1.87. The predicted molar refractivity (Wildman–Crippen MR) is 50.2 cm³/mol. The summed E-state index contributed by atoms with van der Waals surface area (Å²) in [5.41, 5.74) is 0.585. The molecule has 0 aromatic heterocycles. The van der Waals surface area contributed by atoms with E-state index in [1.54, 1.807) is 0 Å². The SMILES string of the molecule is ClC/C=C/C12C3CCC1C32Br. The van der Waals surface area contributed by atoms with Crippen molar-refractivity contribution in [3.05, 3.63) is 12.2 Å². The predicted octanol–water partition coefficient (Wildman–Crippen LogP) is 2.95. The van der Waals surface area contributed by atoms with Gasteiger partial charge < -0.3 is 0 Å². The van der Waals surface area contributed by atoms with E-state index in [9.17, 15) is 0 Å². The molecule has 2 heteroatoms. The Bertz CT molecular complexity index is 234. The van der Waals surface area contributed by atoms with Crippen LogP contribution in [0.25, 0.3) is 0 Å². The van der Waals surface area contributed by atoms with Crippen LogP contribution >= 0.6 is 27.5 Å². The highest BCUT2D eigenvalue weighted by atomic mass is 79.9. The van der Waals surface area contributed by atoms with Gasteiger partial charge in [0.2, 0.25) is 0 Å². The molecule has 2 bridgehead atoms. The van der Waals surface area contributed by atoms with Crippen LogP contribution in [-0.4, -0.2) is 10.2 Å². The van der Waals surface area contributed by atoms with Crippen LogP contribution in [0.15, 0.2) is 12.2 Å². The van der Waals surface area contributed by atoms with Crippen molar-refractivity contribution in [2.24, 2.45) is 17.3 Å². The van der Waals surface area contributed by atoms with Crippen molar-refractivity contribution in [2.45, 2.75) is 17.2 Å². The molecular weight excluding hydrogens is 223 g/mol.